The van der Waals surface area contributed by atoms with Crippen molar-refractivity contribution in [1.82, 2.24) is 14.6 Å². The molecule has 0 unspecified atom stereocenters. The predicted molar refractivity (Wildman–Crippen MR) is 118 cm³/mol. The van der Waals surface area contributed by atoms with Crippen LogP contribution in [0.5, 0.6) is 17.2 Å². The third-order valence-corrected chi connectivity index (χ3v) is 6.48. The zero-order chi connectivity index (χ0) is 20.8. The molecule has 0 radical (unpaired) electrons. The molecule has 1 aliphatic carbocycles. The van der Waals surface area contributed by atoms with E-state index in [0.29, 0.717) is 23.2 Å². The van der Waals surface area contributed by atoms with E-state index in [4.69, 9.17) is 24.3 Å². The van der Waals surface area contributed by atoms with Gasteiger partial charge in [-0.15, -0.1) is 0 Å². The van der Waals surface area contributed by atoms with Gasteiger partial charge in [0.1, 0.15) is 16.4 Å². The maximum atomic E-state index is 5.56. The van der Waals surface area contributed by atoms with E-state index in [1.54, 1.807) is 32.7 Å². The summed E-state index contributed by atoms with van der Waals surface area (Å²) in [5, 5.41) is 6.09. The lowest BCUT2D eigenvalue weighted by molar-refractivity contribution is 0.324. The molecule has 2 aromatic carbocycles. The third-order valence-electron chi connectivity index (χ3n) is 5.41. The molecule has 0 saturated heterocycles. The number of imidazole rings is 1. The summed E-state index contributed by atoms with van der Waals surface area (Å²) in [6.45, 7) is 2.09. The first-order valence-electron chi connectivity index (χ1n) is 9.89. The Balaban J connectivity index is 1.75. The highest BCUT2D eigenvalue weighted by Crippen LogP contribution is 2.46. The van der Waals surface area contributed by atoms with Crippen LogP contribution in [-0.2, 0) is 0 Å². The van der Waals surface area contributed by atoms with E-state index < -0.39 is 0 Å². The number of methoxy groups -OCH3 is 3. The van der Waals surface area contributed by atoms with Crippen molar-refractivity contribution in [2.75, 3.05) is 21.3 Å². The van der Waals surface area contributed by atoms with E-state index in [9.17, 15) is 0 Å². The Morgan fingerprint density at radius 3 is 2.17 bits per heavy atom. The van der Waals surface area contributed by atoms with Crippen LogP contribution in [0.25, 0.3) is 27.5 Å². The van der Waals surface area contributed by atoms with Crippen LogP contribution in [0.4, 0.5) is 0 Å². The smallest absolute Gasteiger partial charge is 0.213 e. The molecular weight excluding hydrogens is 398 g/mol. The van der Waals surface area contributed by atoms with Gasteiger partial charge in [0.25, 0.3) is 0 Å². The van der Waals surface area contributed by atoms with Gasteiger partial charge in [-0.05, 0) is 31.9 Å². The lowest BCUT2D eigenvalue weighted by atomic mass is 10.0. The molecule has 154 valence electrons. The highest BCUT2D eigenvalue weighted by Gasteiger charge is 2.30. The van der Waals surface area contributed by atoms with Gasteiger partial charge in [0.05, 0.1) is 21.3 Å². The molecule has 0 bridgehead atoms. The number of aromatic nitrogens is 3. The monoisotopic (exact) mass is 421 g/mol. The molecule has 0 N–H and O–H groups in total. The SMILES string of the molecule is COc1cc(-c2nc3sc(C4CC4)nn3c2-c2ccc(C)cc2)cc(OC)c1OC. The van der Waals surface area contributed by atoms with Gasteiger partial charge in [-0.1, -0.05) is 41.2 Å². The molecular formula is C23H23N3O3S. The fourth-order valence-corrected chi connectivity index (χ4v) is 4.72. The van der Waals surface area contributed by atoms with Crippen molar-refractivity contribution >= 4 is 16.3 Å². The first-order chi connectivity index (χ1) is 14.6. The van der Waals surface area contributed by atoms with Gasteiger partial charge < -0.3 is 14.2 Å². The Hall–Kier alpha value is -3.06. The number of nitrogens with zero attached hydrogens (tertiary/aromatic N) is 3. The Morgan fingerprint density at radius 1 is 0.933 bits per heavy atom. The molecule has 2 aromatic heterocycles. The van der Waals surface area contributed by atoms with Crippen LogP contribution in [-0.4, -0.2) is 35.9 Å². The summed E-state index contributed by atoms with van der Waals surface area (Å²) in [6, 6.07) is 12.3. The lowest BCUT2D eigenvalue weighted by Gasteiger charge is -2.14. The molecule has 4 aromatic rings. The molecule has 5 rings (SSSR count). The third kappa shape index (κ3) is 3.10. The molecule has 0 aliphatic heterocycles. The van der Waals surface area contributed by atoms with E-state index >= 15 is 0 Å². The highest BCUT2D eigenvalue weighted by molar-refractivity contribution is 7.16. The number of aryl methyl sites for hydroxylation is 1. The summed E-state index contributed by atoms with van der Waals surface area (Å²) in [5.74, 6) is 2.36. The molecule has 0 amide bonds. The number of rotatable bonds is 6. The Morgan fingerprint density at radius 2 is 1.60 bits per heavy atom. The molecule has 2 heterocycles. The number of benzene rings is 2. The zero-order valence-corrected chi connectivity index (χ0v) is 18.2. The van der Waals surface area contributed by atoms with Gasteiger partial charge >= 0.3 is 0 Å². The van der Waals surface area contributed by atoms with Crippen molar-refractivity contribution in [3.8, 4) is 39.8 Å². The van der Waals surface area contributed by atoms with Gasteiger partial charge in [-0.25, -0.2) is 9.50 Å². The van der Waals surface area contributed by atoms with E-state index in [2.05, 4.69) is 31.2 Å². The fraction of sp³-hybridized carbons (Fsp3) is 0.304. The molecule has 7 heteroatoms. The maximum absolute atomic E-state index is 5.56. The molecule has 0 atom stereocenters. The van der Waals surface area contributed by atoms with Crippen molar-refractivity contribution < 1.29 is 14.2 Å². The van der Waals surface area contributed by atoms with Crippen LogP contribution in [0, 0.1) is 6.92 Å². The molecule has 1 saturated carbocycles. The minimum Gasteiger partial charge on any atom is -0.493 e. The molecule has 0 spiro atoms. The van der Waals surface area contributed by atoms with Gasteiger partial charge in [0.15, 0.2) is 11.5 Å². The summed E-state index contributed by atoms with van der Waals surface area (Å²) in [5.41, 5.74) is 5.00. The maximum Gasteiger partial charge on any atom is 0.213 e. The van der Waals surface area contributed by atoms with E-state index in [1.807, 2.05) is 16.6 Å². The summed E-state index contributed by atoms with van der Waals surface area (Å²) >= 11 is 1.68. The van der Waals surface area contributed by atoms with Crippen molar-refractivity contribution in [2.45, 2.75) is 25.7 Å². The van der Waals surface area contributed by atoms with Gasteiger partial charge in [-0.3, -0.25) is 0 Å². The molecule has 6 nitrogen and oxygen atoms in total. The van der Waals surface area contributed by atoms with Crippen molar-refractivity contribution in [3.63, 3.8) is 0 Å². The minimum atomic E-state index is 0.566. The highest BCUT2D eigenvalue weighted by atomic mass is 32.1. The average Bonchev–Trinajstić information content (AvgIpc) is 3.44. The van der Waals surface area contributed by atoms with Crippen molar-refractivity contribution in [2.24, 2.45) is 0 Å². The van der Waals surface area contributed by atoms with Crippen LogP contribution < -0.4 is 14.2 Å². The van der Waals surface area contributed by atoms with E-state index in [0.717, 1.165) is 27.5 Å². The van der Waals surface area contributed by atoms with Gasteiger partial charge in [0, 0.05) is 17.0 Å². The first kappa shape index (κ1) is 18.9. The summed E-state index contributed by atoms with van der Waals surface area (Å²) in [4.78, 5) is 5.89. The number of fused-ring (bicyclic) bond motifs is 1. The second-order valence-corrected chi connectivity index (χ2v) is 8.49. The Kier molecular flexibility index (Phi) is 4.62. The van der Waals surface area contributed by atoms with Crippen LogP contribution in [0.2, 0.25) is 0 Å². The van der Waals surface area contributed by atoms with Crippen LogP contribution in [0.15, 0.2) is 36.4 Å². The summed E-state index contributed by atoms with van der Waals surface area (Å²) in [7, 11) is 4.85. The topological polar surface area (TPSA) is 57.9 Å². The quantitative estimate of drug-likeness (QED) is 0.421. The van der Waals surface area contributed by atoms with Crippen LogP contribution >= 0.6 is 11.3 Å². The van der Waals surface area contributed by atoms with Crippen molar-refractivity contribution in [3.05, 3.63) is 47.0 Å². The fourth-order valence-electron chi connectivity index (χ4n) is 3.65. The summed E-state index contributed by atoms with van der Waals surface area (Å²) < 4.78 is 18.6. The predicted octanol–water partition coefficient (Wildman–Crippen LogP) is 5.34. The van der Waals surface area contributed by atoms with Crippen molar-refractivity contribution in [1.29, 1.82) is 0 Å². The largest absolute Gasteiger partial charge is 0.493 e. The van der Waals surface area contributed by atoms with Crippen LogP contribution in [0.3, 0.4) is 0 Å². The normalized spacial score (nSPS) is 13.6. The molecule has 30 heavy (non-hydrogen) atoms. The number of ether oxygens (including phenoxy) is 3. The van der Waals surface area contributed by atoms with Gasteiger partial charge in [-0.2, -0.15) is 5.10 Å². The average molecular weight is 422 g/mol. The Labute approximate surface area is 179 Å². The first-order valence-corrected chi connectivity index (χ1v) is 10.7. The van der Waals surface area contributed by atoms with E-state index in [-0.39, 0.29) is 0 Å². The Bertz CT molecular complexity index is 1200. The minimum absolute atomic E-state index is 0.566. The lowest BCUT2D eigenvalue weighted by Crippen LogP contribution is -1.97. The standard InChI is InChI=1S/C23H23N3O3S/c1-13-5-7-14(8-6-13)20-19(24-23-26(20)25-22(30-23)15-9-10-15)16-11-17(27-2)21(29-4)18(12-16)28-3/h5-8,11-12,15H,9-10H2,1-4H3. The summed E-state index contributed by atoms with van der Waals surface area (Å²) in [6.07, 6.45) is 2.44. The zero-order valence-electron chi connectivity index (χ0n) is 17.4. The number of hydrogen-bond donors (Lipinski definition) is 0. The second kappa shape index (κ2) is 7.32. The number of hydrogen-bond acceptors (Lipinski definition) is 6. The molecule has 1 aliphatic rings. The van der Waals surface area contributed by atoms with Crippen LogP contribution in [0.1, 0.15) is 29.3 Å². The molecule has 1 fully saturated rings. The van der Waals surface area contributed by atoms with Gasteiger partial charge in [0.2, 0.25) is 10.7 Å². The van der Waals surface area contributed by atoms with E-state index in [1.165, 1.54) is 23.4 Å². The second-order valence-electron chi connectivity index (χ2n) is 7.50.